The van der Waals surface area contributed by atoms with E-state index in [2.05, 4.69) is 6.58 Å². The third-order valence-corrected chi connectivity index (χ3v) is 5.87. The maximum absolute atomic E-state index is 12.3. The molecule has 0 aliphatic heterocycles. The fourth-order valence-corrected chi connectivity index (χ4v) is 4.37. The SMILES string of the molecule is C=C(C)C1CC(OC(=O)CC(C)C)C2(C1)C(C)=CC(=O)C(O)C2C. The highest BCUT2D eigenvalue weighted by Crippen LogP contribution is 2.57. The summed E-state index contributed by atoms with van der Waals surface area (Å²) in [6, 6.07) is 0. The Hall–Kier alpha value is -1.42. The zero-order chi connectivity index (χ0) is 18.2. The number of aliphatic hydroxyl groups excluding tert-OH is 1. The van der Waals surface area contributed by atoms with Crippen LogP contribution in [0.2, 0.25) is 0 Å². The third-order valence-electron chi connectivity index (χ3n) is 5.87. The Morgan fingerprint density at radius 3 is 2.67 bits per heavy atom. The van der Waals surface area contributed by atoms with Crippen LogP contribution >= 0.6 is 0 Å². The molecule has 0 aromatic heterocycles. The Kier molecular flexibility index (Phi) is 5.38. The van der Waals surface area contributed by atoms with E-state index >= 15 is 0 Å². The van der Waals surface area contributed by atoms with Crippen LogP contribution in [0.5, 0.6) is 0 Å². The molecule has 2 aliphatic carbocycles. The Labute approximate surface area is 145 Å². The molecule has 1 spiro atoms. The smallest absolute Gasteiger partial charge is 0.306 e. The molecular weight excluding hydrogens is 304 g/mol. The van der Waals surface area contributed by atoms with Crippen LogP contribution in [0.25, 0.3) is 0 Å². The molecule has 2 aliphatic rings. The topological polar surface area (TPSA) is 63.6 Å². The highest BCUT2D eigenvalue weighted by Gasteiger charge is 2.57. The quantitative estimate of drug-likeness (QED) is 0.632. The van der Waals surface area contributed by atoms with Crippen molar-refractivity contribution in [1.29, 1.82) is 0 Å². The van der Waals surface area contributed by atoms with Crippen LogP contribution in [0.4, 0.5) is 0 Å². The molecule has 5 atom stereocenters. The van der Waals surface area contributed by atoms with Gasteiger partial charge < -0.3 is 9.84 Å². The predicted molar refractivity (Wildman–Crippen MR) is 93.2 cm³/mol. The normalized spacial score (nSPS) is 36.1. The number of ketones is 1. The number of hydrogen-bond donors (Lipinski definition) is 1. The molecular formula is C20H30O4. The van der Waals surface area contributed by atoms with E-state index < -0.39 is 11.5 Å². The van der Waals surface area contributed by atoms with Gasteiger partial charge in [-0.3, -0.25) is 9.59 Å². The van der Waals surface area contributed by atoms with Crippen molar-refractivity contribution in [3.05, 3.63) is 23.8 Å². The molecule has 0 aromatic rings. The zero-order valence-corrected chi connectivity index (χ0v) is 15.5. The number of hydrogen-bond acceptors (Lipinski definition) is 4. The highest BCUT2D eigenvalue weighted by atomic mass is 16.5. The Morgan fingerprint density at radius 1 is 1.50 bits per heavy atom. The minimum Gasteiger partial charge on any atom is -0.461 e. The minimum absolute atomic E-state index is 0.205. The van der Waals surface area contributed by atoms with Gasteiger partial charge in [-0.2, -0.15) is 0 Å². The summed E-state index contributed by atoms with van der Waals surface area (Å²) < 4.78 is 5.88. The summed E-state index contributed by atoms with van der Waals surface area (Å²) in [4.78, 5) is 24.3. The van der Waals surface area contributed by atoms with Gasteiger partial charge in [-0.05, 0) is 44.6 Å². The van der Waals surface area contributed by atoms with Crippen LogP contribution in [0, 0.1) is 23.2 Å². The van der Waals surface area contributed by atoms with Crippen LogP contribution in [0.1, 0.15) is 53.9 Å². The first-order valence-electron chi connectivity index (χ1n) is 8.85. The number of carbonyl (C=O) groups excluding carboxylic acids is 2. The average Bonchev–Trinajstić information content (AvgIpc) is 2.83. The van der Waals surface area contributed by atoms with Gasteiger partial charge in [0.1, 0.15) is 12.2 Å². The molecule has 0 radical (unpaired) electrons. The van der Waals surface area contributed by atoms with Gasteiger partial charge in [-0.1, -0.05) is 38.5 Å². The molecule has 1 N–H and O–H groups in total. The van der Waals surface area contributed by atoms with E-state index in [1.165, 1.54) is 6.08 Å². The molecule has 2 rings (SSSR count). The first-order chi connectivity index (χ1) is 11.1. The summed E-state index contributed by atoms with van der Waals surface area (Å²) in [7, 11) is 0. The first kappa shape index (κ1) is 18.9. The van der Waals surface area contributed by atoms with Crippen molar-refractivity contribution in [2.24, 2.45) is 23.2 Å². The number of allylic oxidation sites excluding steroid dienone is 1. The third kappa shape index (κ3) is 3.21. The molecule has 0 bridgehead atoms. The number of rotatable bonds is 4. The van der Waals surface area contributed by atoms with Gasteiger partial charge in [0.05, 0.1) is 0 Å². The van der Waals surface area contributed by atoms with Gasteiger partial charge in [0.25, 0.3) is 0 Å². The summed E-state index contributed by atoms with van der Waals surface area (Å²) in [6.45, 7) is 13.8. The zero-order valence-electron chi connectivity index (χ0n) is 15.5. The lowest BCUT2D eigenvalue weighted by Crippen LogP contribution is -2.50. The molecule has 1 fully saturated rings. The maximum atomic E-state index is 12.3. The second-order valence-electron chi connectivity index (χ2n) is 8.06. The van der Waals surface area contributed by atoms with Crippen molar-refractivity contribution >= 4 is 11.8 Å². The standard InChI is InChI=1S/C20H30O4/c1-11(2)7-18(22)24-17-9-15(12(3)4)10-20(17)13(5)8-16(21)19(23)14(20)6/h8,11,14-15,17,19,23H,3,7,9-10H2,1-2,4-6H3. The largest absolute Gasteiger partial charge is 0.461 e. The van der Waals surface area contributed by atoms with Crippen molar-refractivity contribution < 1.29 is 19.4 Å². The fourth-order valence-electron chi connectivity index (χ4n) is 4.37. The molecule has 5 unspecified atom stereocenters. The van der Waals surface area contributed by atoms with E-state index in [-0.39, 0.29) is 35.6 Å². The van der Waals surface area contributed by atoms with Gasteiger partial charge in [-0.15, -0.1) is 0 Å². The fraction of sp³-hybridized carbons (Fsp3) is 0.700. The second-order valence-corrected chi connectivity index (χ2v) is 8.06. The second kappa shape index (κ2) is 6.83. The van der Waals surface area contributed by atoms with E-state index in [4.69, 9.17) is 4.74 Å². The lowest BCUT2D eigenvalue weighted by atomic mass is 9.62. The highest BCUT2D eigenvalue weighted by molar-refractivity contribution is 5.95. The van der Waals surface area contributed by atoms with E-state index in [0.29, 0.717) is 12.8 Å². The molecule has 4 nitrogen and oxygen atoms in total. The number of ether oxygens (including phenoxy) is 1. The van der Waals surface area contributed by atoms with E-state index in [1.807, 2.05) is 34.6 Å². The molecule has 0 amide bonds. The van der Waals surface area contributed by atoms with Gasteiger partial charge in [0.15, 0.2) is 5.78 Å². The Bertz CT molecular complexity index is 574. The van der Waals surface area contributed by atoms with Gasteiger partial charge in [-0.25, -0.2) is 0 Å². The maximum Gasteiger partial charge on any atom is 0.306 e. The summed E-state index contributed by atoms with van der Waals surface area (Å²) in [5.41, 5.74) is 1.49. The summed E-state index contributed by atoms with van der Waals surface area (Å²) >= 11 is 0. The molecule has 0 saturated heterocycles. The van der Waals surface area contributed by atoms with Crippen LogP contribution in [0.15, 0.2) is 23.8 Å². The van der Waals surface area contributed by atoms with Gasteiger partial charge >= 0.3 is 5.97 Å². The summed E-state index contributed by atoms with van der Waals surface area (Å²) in [5, 5.41) is 10.4. The van der Waals surface area contributed by atoms with E-state index in [0.717, 1.165) is 17.6 Å². The Balaban J connectivity index is 2.39. The molecule has 0 heterocycles. The molecule has 24 heavy (non-hydrogen) atoms. The average molecular weight is 334 g/mol. The van der Waals surface area contributed by atoms with Crippen molar-refractivity contribution in [1.82, 2.24) is 0 Å². The molecule has 0 aromatic carbocycles. The lowest BCUT2D eigenvalue weighted by Gasteiger charge is -2.45. The van der Waals surface area contributed by atoms with Gasteiger partial charge in [0.2, 0.25) is 0 Å². The van der Waals surface area contributed by atoms with Crippen LogP contribution < -0.4 is 0 Å². The summed E-state index contributed by atoms with van der Waals surface area (Å²) in [5.74, 6) is -0.275. The monoisotopic (exact) mass is 334 g/mol. The Morgan fingerprint density at radius 2 is 2.12 bits per heavy atom. The molecule has 4 heteroatoms. The predicted octanol–water partition coefficient (Wildman–Crippen LogP) is 3.44. The lowest BCUT2D eigenvalue weighted by molar-refractivity contribution is -0.158. The van der Waals surface area contributed by atoms with Crippen molar-refractivity contribution in [3.8, 4) is 0 Å². The number of carbonyl (C=O) groups is 2. The number of aliphatic hydroxyl groups is 1. The van der Waals surface area contributed by atoms with Crippen LogP contribution in [-0.2, 0) is 14.3 Å². The van der Waals surface area contributed by atoms with Crippen LogP contribution in [-0.4, -0.2) is 29.1 Å². The van der Waals surface area contributed by atoms with Crippen LogP contribution in [0.3, 0.4) is 0 Å². The minimum atomic E-state index is -1.04. The van der Waals surface area contributed by atoms with Crippen molar-refractivity contribution in [2.75, 3.05) is 0 Å². The van der Waals surface area contributed by atoms with Crippen molar-refractivity contribution in [3.63, 3.8) is 0 Å². The van der Waals surface area contributed by atoms with Crippen molar-refractivity contribution in [2.45, 2.75) is 66.1 Å². The first-order valence-corrected chi connectivity index (χ1v) is 8.85. The van der Waals surface area contributed by atoms with E-state index in [1.54, 1.807) is 0 Å². The molecule has 134 valence electrons. The number of esters is 1. The van der Waals surface area contributed by atoms with Gasteiger partial charge in [0, 0.05) is 17.8 Å². The van der Waals surface area contributed by atoms with E-state index in [9.17, 15) is 14.7 Å². The summed E-state index contributed by atoms with van der Waals surface area (Å²) in [6.07, 6.45) is 2.02. The molecule has 1 saturated carbocycles.